The van der Waals surface area contributed by atoms with E-state index in [9.17, 15) is 4.79 Å². The van der Waals surface area contributed by atoms with Crippen LogP contribution in [0.3, 0.4) is 0 Å². The second-order valence-electron chi connectivity index (χ2n) is 7.02. The summed E-state index contributed by atoms with van der Waals surface area (Å²) in [5.74, 6) is 0.160. The molecule has 132 valence electrons. The molecular weight excluding hydrogens is 320 g/mol. The zero-order chi connectivity index (χ0) is 17.9. The number of fused-ring (bicyclic) bond motifs is 1. The fraction of sp³-hybridized carbons (Fsp3) is 0.261. The highest BCUT2D eigenvalue weighted by atomic mass is 16.2. The Morgan fingerprint density at radius 3 is 2.35 bits per heavy atom. The molecule has 3 heteroatoms. The Hall–Kier alpha value is -2.65. The summed E-state index contributed by atoms with van der Waals surface area (Å²) in [6.45, 7) is 6.36. The maximum Gasteiger partial charge on any atom is 0.254 e. The number of benzene rings is 3. The van der Waals surface area contributed by atoms with Crippen LogP contribution in [-0.4, -0.2) is 41.9 Å². The predicted molar refractivity (Wildman–Crippen MR) is 106 cm³/mol. The van der Waals surface area contributed by atoms with Gasteiger partial charge in [0.1, 0.15) is 0 Å². The van der Waals surface area contributed by atoms with Gasteiger partial charge in [-0.2, -0.15) is 0 Å². The number of piperazine rings is 1. The van der Waals surface area contributed by atoms with Gasteiger partial charge < -0.3 is 4.90 Å². The van der Waals surface area contributed by atoms with E-state index >= 15 is 0 Å². The largest absolute Gasteiger partial charge is 0.336 e. The van der Waals surface area contributed by atoms with Crippen LogP contribution in [0.25, 0.3) is 10.8 Å². The highest BCUT2D eigenvalue weighted by molar-refractivity contribution is 5.95. The molecule has 1 aliphatic rings. The molecular formula is C23H24N2O. The molecule has 26 heavy (non-hydrogen) atoms. The zero-order valence-electron chi connectivity index (χ0n) is 15.2. The summed E-state index contributed by atoms with van der Waals surface area (Å²) in [4.78, 5) is 17.2. The van der Waals surface area contributed by atoms with Crippen LogP contribution in [0, 0.1) is 6.92 Å². The average Bonchev–Trinajstić information content (AvgIpc) is 2.69. The van der Waals surface area contributed by atoms with Crippen molar-refractivity contribution in [2.24, 2.45) is 0 Å². The SMILES string of the molecule is Cc1ccccc1C(=O)N1CCN(Cc2cccc3ccccc23)CC1. The smallest absolute Gasteiger partial charge is 0.254 e. The molecule has 0 spiro atoms. The first-order chi connectivity index (χ1) is 12.7. The molecule has 0 radical (unpaired) electrons. The van der Waals surface area contributed by atoms with Crippen LogP contribution < -0.4 is 0 Å². The second kappa shape index (κ2) is 7.30. The summed E-state index contributed by atoms with van der Waals surface area (Å²) >= 11 is 0. The molecule has 1 aliphatic heterocycles. The second-order valence-corrected chi connectivity index (χ2v) is 7.02. The van der Waals surface area contributed by atoms with Crippen LogP contribution in [0.1, 0.15) is 21.5 Å². The van der Waals surface area contributed by atoms with E-state index in [1.54, 1.807) is 0 Å². The highest BCUT2D eigenvalue weighted by Crippen LogP contribution is 2.21. The molecule has 0 unspecified atom stereocenters. The van der Waals surface area contributed by atoms with Gasteiger partial charge >= 0.3 is 0 Å². The lowest BCUT2D eigenvalue weighted by atomic mass is 10.0. The highest BCUT2D eigenvalue weighted by Gasteiger charge is 2.23. The minimum absolute atomic E-state index is 0.160. The van der Waals surface area contributed by atoms with E-state index in [0.717, 1.165) is 43.9 Å². The molecule has 0 atom stereocenters. The quantitative estimate of drug-likeness (QED) is 0.714. The van der Waals surface area contributed by atoms with E-state index in [1.165, 1.54) is 16.3 Å². The van der Waals surface area contributed by atoms with E-state index in [-0.39, 0.29) is 5.91 Å². The molecule has 0 saturated carbocycles. The number of hydrogen-bond acceptors (Lipinski definition) is 2. The third-order valence-electron chi connectivity index (χ3n) is 5.31. The van der Waals surface area contributed by atoms with Crippen LogP contribution in [-0.2, 0) is 6.54 Å². The lowest BCUT2D eigenvalue weighted by molar-refractivity contribution is 0.0628. The lowest BCUT2D eigenvalue weighted by Crippen LogP contribution is -2.48. The van der Waals surface area contributed by atoms with E-state index in [4.69, 9.17) is 0 Å². The van der Waals surface area contributed by atoms with Crippen molar-refractivity contribution in [2.75, 3.05) is 26.2 Å². The Bertz CT molecular complexity index is 921. The molecule has 0 N–H and O–H groups in total. The molecule has 3 aromatic carbocycles. The Labute approximate surface area is 154 Å². The number of nitrogens with zero attached hydrogens (tertiary/aromatic N) is 2. The van der Waals surface area contributed by atoms with Gasteiger partial charge in [0.2, 0.25) is 0 Å². The normalized spacial score (nSPS) is 15.3. The van der Waals surface area contributed by atoms with Crippen molar-refractivity contribution in [3.05, 3.63) is 83.4 Å². The van der Waals surface area contributed by atoms with Crippen LogP contribution in [0.4, 0.5) is 0 Å². The molecule has 3 nitrogen and oxygen atoms in total. The zero-order valence-corrected chi connectivity index (χ0v) is 15.2. The van der Waals surface area contributed by atoms with Gasteiger partial charge in [0.25, 0.3) is 5.91 Å². The van der Waals surface area contributed by atoms with Gasteiger partial charge in [0, 0.05) is 38.3 Å². The van der Waals surface area contributed by atoms with Gasteiger partial charge in [-0.15, -0.1) is 0 Å². The van der Waals surface area contributed by atoms with E-state index in [1.807, 2.05) is 36.1 Å². The van der Waals surface area contributed by atoms with Gasteiger partial charge in [-0.25, -0.2) is 0 Å². The van der Waals surface area contributed by atoms with Crippen molar-refractivity contribution in [1.82, 2.24) is 9.80 Å². The molecule has 1 amide bonds. The molecule has 1 saturated heterocycles. The maximum atomic E-state index is 12.8. The Morgan fingerprint density at radius 2 is 1.54 bits per heavy atom. The molecule has 0 aliphatic carbocycles. The first kappa shape index (κ1) is 16.8. The number of aryl methyl sites for hydroxylation is 1. The summed E-state index contributed by atoms with van der Waals surface area (Å²) in [6, 6.07) is 22.9. The number of carbonyl (C=O) groups is 1. The van der Waals surface area contributed by atoms with Gasteiger partial charge in [-0.3, -0.25) is 9.69 Å². The van der Waals surface area contributed by atoms with E-state index < -0.39 is 0 Å². The fourth-order valence-corrected chi connectivity index (χ4v) is 3.76. The third-order valence-corrected chi connectivity index (χ3v) is 5.31. The average molecular weight is 344 g/mol. The van der Waals surface area contributed by atoms with Crippen molar-refractivity contribution in [3.8, 4) is 0 Å². The lowest BCUT2D eigenvalue weighted by Gasteiger charge is -2.35. The Morgan fingerprint density at radius 1 is 0.846 bits per heavy atom. The van der Waals surface area contributed by atoms with Gasteiger partial charge in [-0.05, 0) is 34.9 Å². The summed E-state index contributed by atoms with van der Waals surface area (Å²) in [5, 5.41) is 2.62. The molecule has 1 heterocycles. The Balaban J connectivity index is 1.42. The fourth-order valence-electron chi connectivity index (χ4n) is 3.76. The molecule has 3 aromatic rings. The van der Waals surface area contributed by atoms with Crippen LogP contribution >= 0.6 is 0 Å². The number of carbonyl (C=O) groups excluding carboxylic acids is 1. The topological polar surface area (TPSA) is 23.6 Å². The summed E-state index contributed by atoms with van der Waals surface area (Å²) in [5.41, 5.74) is 3.24. The molecule has 4 rings (SSSR count). The predicted octanol–water partition coefficient (Wildman–Crippen LogP) is 4.11. The van der Waals surface area contributed by atoms with Gasteiger partial charge in [0.15, 0.2) is 0 Å². The van der Waals surface area contributed by atoms with Crippen molar-refractivity contribution in [1.29, 1.82) is 0 Å². The van der Waals surface area contributed by atoms with Crippen molar-refractivity contribution >= 4 is 16.7 Å². The minimum Gasteiger partial charge on any atom is -0.336 e. The first-order valence-corrected chi connectivity index (χ1v) is 9.26. The molecule has 0 bridgehead atoms. The van der Waals surface area contributed by atoms with E-state index in [0.29, 0.717) is 0 Å². The number of amides is 1. The Kier molecular flexibility index (Phi) is 4.72. The first-order valence-electron chi connectivity index (χ1n) is 9.26. The third kappa shape index (κ3) is 3.35. The summed E-state index contributed by atoms with van der Waals surface area (Å²) in [6.07, 6.45) is 0. The van der Waals surface area contributed by atoms with Crippen LogP contribution in [0.2, 0.25) is 0 Å². The summed E-state index contributed by atoms with van der Waals surface area (Å²) in [7, 11) is 0. The van der Waals surface area contributed by atoms with Crippen molar-refractivity contribution in [2.45, 2.75) is 13.5 Å². The minimum atomic E-state index is 0.160. The summed E-state index contributed by atoms with van der Waals surface area (Å²) < 4.78 is 0. The standard InChI is InChI=1S/C23H24N2O/c1-18-7-2-4-11-21(18)23(26)25-15-13-24(14-16-25)17-20-10-6-9-19-8-3-5-12-22(19)20/h2-12H,13-17H2,1H3. The number of rotatable bonds is 3. The molecule has 0 aromatic heterocycles. The van der Waals surface area contributed by atoms with Crippen molar-refractivity contribution in [3.63, 3.8) is 0 Å². The molecule has 1 fully saturated rings. The van der Waals surface area contributed by atoms with Crippen LogP contribution in [0.15, 0.2) is 66.7 Å². The monoisotopic (exact) mass is 344 g/mol. The number of hydrogen-bond donors (Lipinski definition) is 0. The van der Waals surface area contributed by atoms with Gasteiger partial charge in [-0.1, -0.05) is 60.7 Å². The maximum absolute atomic E-state index is 12.8. The van der Waals surface area contributed by atoms with Crippen LogP contribution in [0.5, 0.6) is 0 Å². The van der Waals surface area contributed by atoms with E-state index in [2.05, 4.69) is 47.4 Å². The van der Waals surface area contributed by atoms with Crippen molar-refractivity contribution < 1.29 is 4.79 Å². The van der Waals surface area contributed by atoms with Gasteiger partial charge in [0.05, 0.1) is 0 Å².